The molecule has 0 aliphatic heterocycles. The number of nitrogens with one attached hydrogen (secondary N) is 1. The van der Waals surface area contributed by atoms with E-state index in [0.717, 1.165) is 27.7 Å². The summed E-state index contributed by atoms with van der Waals surface area (Å²) in [5.41, 5.74) is 3.65. The van der Waals surface area contributed by atoms with E-state index in [1.165, 1.54) is 4.90 Å². The molecule has 2 aromatic carbocycles. The van der Waals surface area contributed by atoms with Gasteiger partial charge in [-0.05, 0) is 51.5 Å². The molecule has 0 spiro atoms. The van der Waals surface area contributed by atoms with Crippen molar-refractivity contribution in [2.75, 3.05) is 12.4 Å². The number of nitrogens with zero attached hydrogens (tertiary/aromatic N) is 5. The fourth-order valence-corrected chi connectivity index (χ4v) is 3.94. The van der Waals surface area contributed by atoms with Gasteiger partial charge in [0.2, 0.25) is 5.95 Å². The Bertz CT molecular complexity index is 1430. The van der Waals surface area contributed by atoms with E-state index in [-0.39, 0.29) is 6.54 Å². The van der Waals surface area contributed by atoms with Crippen LogP contribution in [0.3, 0.4) is 0 Å². The van der Waals surface area contributed by atoms with Crippen LogP contribution in [0.25, 0.3) is 16.9 Å². The van der Waals surface area contributed by atoms with Gasteiger partial charge in [-0.1, -0.05) is 36.4 Å². The molecule has 0 unspecified atom stereocenters. The average molecular weight is 483 g/mol. The number of carbonyl (C=O) groups excluding carboxylic acids is 1. The van der Waals surface area contributed by atoms with Gasteiger partial charge >= 0.3 is 6.09 Å². The quantitative estimate of drug-likeness (QED) is 0.385. The largest absolute Gasteiger partial charge is 0.444 e. The monoisotopic (exact) mass is 482 g/mol. The highest BCUT2D eigenvalue weighted by molar-refractivity contribution is 5.88. The number of hydrogen-bond donors (Lipinski definition) is 1. The number of nitriles is 1. The normalized spacial score (nSPS) is 11.2. The van der Waals surface area contributed by atoms with Gasteiger partial charge in [0, 0.05) is 36.4 Å². The number of carbonyl (C=O) groups is 1. The molecule has 0 saturated carbocycles. The lowest BCUT2D eigenvalue weighted by Crippen LogP contribution is -2.34. The number of ether oxygens (including phenoxy) is 1. The predicted octanol–water partition coefficient (Wildman–Crippen LogP) is 5.58. The van der Waals surface area contributed by atoms with Gasteiger partial charge < -0.3 is 15.0 Å². The minimum atomic E-state index is -0.588. The van der Waals surface area contributed by atoms with Crippen LogP contribution >= 0.6 is 0 Å². The highest BCUT2D eigenvalue weighted by Crippen LogP contribution is 2.27. The van der Waals surface area contributed by atoms with Crippen molar-refractivity contribution >= 4 is 22.8 Å². The van der Waals surface area contributed by atoms with Crippen molar-refractivity contribution in [2.45, 2.75) is 46.4 Å². The van der Waals surface area contributed by atoms with Crippen LogP contribution in [0.15, 0.2) is 60.8 Å². The minimum Gasteiger partial charge on any atom is -0.444 e. The summed E-state index contributed by atoms with van der Waals surface area (Å²) in [6, 6.07) is 19.9. The fraction of sp³-hybridized carbons (Fsp3) is 0.286. The summed E-state index contributed by atoms with van der Waals surface area (Å²) in [5, 5.41) is 13.8. The van der Waals surface area contributed by atoms with Gasteiger partial charge in [-0.2, -0.15) is 10.2 Å². The maximum atomic E-state index is 12.6. The molecule has 0 aliphatic carbocycles. The van der Waals surface area contributed by atoms with Crippen molar-refractivity contribution in [1.82, 2.24) is 19.4 Å². The number of aromatic nitrogens is 3. The van der Waals surface area contributed by atoms with E-state index in [0.29, 0.717) is 23.9 Å². The summed E-state index contributed by atoms with van der Waals surface area (Å²) in [7, 11) is 1.69. The molecular weight excluding hydrogens is 452 g/mol. The smallest absolute Gasteiger partial charge is 0.410 e. The topological polar surface area (TPSA) is 96.1 Å². The van der Waals surface area contributed by atoms with Gasteiger partial charge in [0.25, 0.3) is 0 Å². The first-order chi connectivity index (χ1) is 17.2. The standard InChI is InChI=1S/C28H30N6O2/c1-19-14-23-21(15-29)12-9-13-24(23)34(19)26-31-17-22(18-33(5)27(35)36-28(2,3)4)25(32-26)30-16-20-10-7-6-8-11-20/h6-14,17H,16,18H2,1-5H3,(H,30,31,32). The third-order valence-corrected chi connectivity index (χ3v) is 5.62. The van der Waals surface area contributed by atoms with Crippen LogP contribution in [0.4, 0.5) is 10.6 Å². The van der Waals surface area contributed by atoms with Gasteiger partial charge in [-0.3, -0.25) is 4.57 Å². The molecule has 0 bridgehead atoms. The number of rotatable bonds is 6. The second kappa shape index (κ2) is 10.1. The highest BCUT2D eigenvalue weighted by Gasteiger charge is 2.21. The second-order valence-corrected chi connectivity index (χ2v) is 9.69. The number of anilines is 1. The predicted molar refractivity (Wildman–Crippen MR) is 140 cm³/mol. The van der Waals surface area contributed by atoms with Gasteiger partial charge in [0.15, 0.2) is 0 Å². The lowest BCUT2D eigenvalue weighted by Gasteiger charge is -2.25. The molecule has 0 atom stereocenters. The van der Waals surface area contributed by atoms with Crippen LogP contribution in [-0.2, 0) is 17.8 Å². The molecule has 8 nitrogen and oxygen atoms in total. The van der Waals surface area contributed by atoms with Crippen molar-refractivity contribution in [3.05, 3.63) is 83.2 Å². The van der Waals surface area contributed by atoms with Gasteiger partial charge in [0.05, 0.1) is 23.7 Å². The summed E-state index contributed by atoms with van der Waals surface area (Å²) >= 11 is 0. The highest BCUT2D eigenvalue weighted by atomic mass is 16.6. The van der Waals surface area contributed by atoms with Crippen LogP contribution in [0, 0.1) is 18.3 Å². The Hall–Kier alpha value is -4.38. The van der Waals surface area contributed by atoms with Gasteiger partial charge in [-0.15, -0.1) is 0 Å². The van der Waals surface area contributed by atoms with Crippen molar-refractivity contribution < 1.29 is 9.53 Å². The van der Waals surface area contributed by atoms with E-state index in [2.05, 4.69) is 16.4 Å². The Morgan fingerprint density at radius 3 is 2.61 bits per heavy atom. The van der Waals surface area contributed by atoms with Crippen LogP contribution in [0.2, 0.25) is 0 Å². The second-order valence-electron chi connectivity index (χ2n) is 9.69. The minimum absolute atomic E-state index is 0.274. The first kappa shape index (κ1) is 24.7. The van der Waals surface area contributed by atoms with Crippen LogP contribution in [0.5, 0.6) is 0 Å². The zero-order valence-corrected chi connectivity index (χ0v) is 21.2. The number of benzene rings is 2. The summed E-state index contributed by atoms with van der Waals surface area (Å²) in [6.45, 7) is 8.31. The van der Waals surface area contributed by atoms with E-state index in [4.69, 9.17) is 9.72 Å². The number of aryl methyl sites for hydroxylation is 1. The zero-order chi connectivity index (χ0) is 25.9. The lowest BCUT2D eigenvalue weighted by molar-refractivity contribution is 0.0285. The molecule has 4 rings (SSSR count). The van der Waals surface area contributed by atoms with Crippen LogP contribution in [-0.4, -0.2) is 38.2 Å². The third kappa shape index (κ3) is 5.47. The maximum absolute atomic E-state index is 12.6. The van der Waals surface area contributed by atoms with Crippen LogP contribution < -0.4 is 5.32 Å². The van der Waals surface area contributed by atoms with Gasteiger partial charge in [0.1, 0.15) is 11.4 Å². The van der Waals surface area contributed by atoms with Crippen molar-refractivity contribution in [2.24, 2.45) is 0 Å². The third-order valence-electron chi connectivity index (χ3n) is 5.62. The van der Waals surface area contributed by atoms with Gasteiger partial charge in [-0.25, -0.2) is 9.78 Å². The van der Waals surface area contributed by atoms with E-state index < -0.39 is 11.7 Å². The zero-order valence-electron chi connectivity index (χ0n) is 21.2. The summed E-state index contributed by atoms with van der Waals surface area (Å²) in [6.07, 6.45) is 1.31. The molecule has 4 aromatic rings. The molecule has 2 heterocycles. The Labute approximate surface area is 211 Å². The Kier molecular flexibility index (Phi) is 6.93. The molecule has 1 amide bonds. The first-order valence-corrected chi connectivity index (χ1v) is 11.8. The molecule has 0 radical (unpaired) electrons. The Morgan fingerprint density at radius 1 is 1.17 bits per heavy atom. The van der Waals surface area contributed by atoms with E-state index in [9.17, 15) is 10.1 Å². The summed E-state index contributed by atoms with van der Waals surface area (Å²) in [4.78, 5) is 23.6. The molecule has 1 N–H and O–H groups in total. The Balaban J connectivity index is 1.72. The summed E-state index contributed by atoms with van der Waals surface area (Å²) < 4.78 is 7.44. The SMILES string of the molecule is Cc1cc2c(C#N)cccc2n1-c1ncc(CN(C)C(=O)OC(C)(C)C)c(NCc2ccccc2)n1. The molecular formula is C28H30N6O2. The fourth-order valence-electron chi connectivity index (χ4n) is 3.94. The van der Waals surface area contributed by atoms with E-state index >= 15 is 0 Å². The molecule has 0 saturated heterocycles. The molecule has 184 valence electrons. The average Bonchev–Trinajstić information content (AvgIpc) is 3.18. The number of fused-ring (bicyclic) bond motifs is 1. The molecule has 36 heavy (non-hydrogen) atoms. The molecule has 0 aliphatic rings. The molecule has 0 fully saturated rings. The van der Waals surface area contributed by atoms with E-state index in [1.54, 1.807) is 19.3 Å². The lowest BCUT2D eigenvalue weighted by atomic mass is 10.1. The van der Waals surface area contributed by atoms with Crippen molar-refractivity contribution in [3.8, 4) is 12.0 Å². The summed E-state index contributed by atoms with van der Waals surface area (Å²) in [5.74, 6) is 1.11. The molecule has 2 aromatic heterocycles. The Morgan fingerprint density at radius 2 is 1.92 bits per heavy atom. The van der Waals surface area contributed by atoms with Crippen molar-refractivity contribution in [3.63, 3.8) is 0 Å². The first-order valence-electron chi connectivity index (χ1n) is 11.8. The van der Waals surface area contributed by atoms with E-state index in [1.807, 2.05) is 80.8 Å². The van der Waals surface area contributed by atoms with Crippen molar-refractivity contribution in [1.29, 1.82) is 5.26 Å². The molecule has 8 heteroatoms. The maximum Gasteiger partial charge on any atom is 0.410 e. The number of amides is 1. The van der Waals surface area contributed by atoms with Crippen LogP contribution in [0.1, 0.15) is 43.2 Å². The number of hydrogen-bond acceptors (Lipinski definition) is 6.